The van der Waals surface area contributed by atoms with Crippen LogP contribution in [0.4, 0.5) is 4.39 Å². The highest BCUT2D eigenvalue weighted by atomic mass is 31.1. The molecule has 2 aromatic carbocycles. The largest absolute Gasteiger partial charge is 0.481 e. The first-order valence-corrected chi connectivity index (χ1v) is 13.7. The molecule has 2 atom stereocenters. The number of carbonyl (C=O) groups is 1. The second-order valence-corrected chi connectivity index (χ2v) is 10.3. The third-order valence-electron chi connectivity index (χ3n) is 5.74. The molecule has 3 rings (SSSR count). The second-order valence-electron chi connectivity index (χ2n) is 8.87. The summed E-state index contributed by atoms with van der Waals surface area (Å²) >= 11 is 0. The molecular formula is C29H31FNO5P. The summed E-state index contributed by atoms with van der Waals surface area (Å²) in [6, 6.07) is 16.2. The zero-order valence-corrected chi connectivity index (χ0v) is 22.1. The van der Waals surface area contributed by atoms with Crippen LogP contribution in [-0.2, 0) is 20.3 Å². The number of aliphatic hydroxyl groups is 1. The minimum Gasteiger partial charge on any atom is -0.481 e. The molecule has 8 heteroatoms. The summed E-state index contributed by atoms with van der Waals surface area (Å²) < 4.78 is 31.2. The van der Waals surface area contributed by atoms with Crippen LogP contribution >= 0.6 is 8.03 Å². The summed E-state index contributed by atoms with van der Waals surface area (Å²) in [6.45, 7) is 5.95. The number of aromatic nitrogens is 1. The molecule has 0 aliphatic heterocycles. The van der Waals surface area contributed by atoms with Gasteiger partial charge < -0.3 is 14.7 Å². The summed E-state index contributed by atoms with van der Waals surface area (Å²) in [6.07, 6.45) is -1.31. The van der Waals surface area contributed by atoms with Crippen molar-refractivity contribution in [1.82, 2.24) is 4.98 Å². The Morgan fingerprint density at radius 3 is 2.38 bits per heavy atom. The number of benzene rings is 2. The van der Waals surface area contributed by atoms with E-state index in [-0.39, 0.29) is 24.5 Å². The summed E-state index contributed by atoms with van der Waals surface area (Å²) in [5.41, 5.74) is 5.99. The number of hydrogen-bond acceptors (Lipinski definition) is 5. The highest BCUT2D eigenvalue weighted by molar-refractivity contribution is 7.39. The van der Waals surface area contributed by atoms with Crippen LogP contribution in [0.1, 0.15) is 49.9 Å². The van der Waals surface area contributed by atoms with Crippen LogP contribution in [0.25, 0.3) is 22.4 Å². The summed E-state index contributed by atoms with van der Waals surface area (Å²) in [4.78, 5) is 15.7. The van der Waals surface area contributed by atoms with Gasteiger partial charge in [-0.1, -0.05) is 75.1 Å². The van der Waals surface area contributed by atoms with Crippen molar-refractivity contribution in [3.63, 3.8) is 0 Å². The van der Waals surface area contributed by atoms with Crippen LogP contribution in [0.3, 0.4) is 0 Å². The molecule has 0 aliphatic rings. The zero-order valence-electron chi connectivity index (χ0n) is 21.1. The quantitative estimate of drug-likeness (QED) is 0.253. The molecule has 3 aromatic rings. The average molecular weight is 524 g/mol. The molecule has 0 bridgehead atoms. The molecule has 0 spiro atoms. The van der Waals surface area contributed by atoms with E-state index in [2.05, 4.69) is 11.8 Å². The molecular weight excluding hydrogens is 492 g/mol. The molecule has 0 saturated heterocycles. The van der Waals surface area contributed by atoms with Crippen molar-refractivity contribution in [2.45, 2.75) is 45.6 Å². The van der Waals surface area contributed by atoms with E-state index in [0.29, 0.717) is 12.0 Å². The second kappa shape index (κ2) is 13.3. The molecule has 2 unspecified atom stereocenters. The maximum absolute atomic E-state index is 13.8. The fourth-order valence-electron chi connectivity index (χ4n) is 4.07. The van der Waals surface area contributed by atoms with Gasteiger partial charge in [0.2, 0.25) is 0 Å². The molecule has 194 valence electrons. The van der Waals surface area contributed by atoms with Crippen molar-refractivity contribution in [2.75, 3.05) is 12.8 Å². The molecule has 2 N–H and O–H groups in total. The fraction of sp³-hybridized carbons (Fsp3) is 0.310. The number of nitrogens with zero attached hydrogens (tertiary/aromatic N) is 1. The number of carboxylic acid groups (broad SMARTS) is 1. The van der Waals surface area contributed by atoms with Crippen molar-refractivity contribution in [3.8, 4) is 34.2 Å². The highest BCUT2D eigenvalue weighted by Crippen LogP contribution is 2.38. The lowest BCUT2D eigenvalue weighted by Crippen LogP contribution is -2.15. The Morgan fingerprint density at radius 1 is 1.11 bits per heavy atom. The van der Waals surface area contributed by atoms with Crippen LogP contribution in [0.2, 0.25) is 0 Å². The lowest BCUT2D eigenvalue weighted by atomic mass is 9.87. The van der Waals surface area contributed by atoms with Crippen molar-refractivity contribution < 1.29 is 28.5 Å². The third kappa shape index (κ3) is 7.60. The SMILES string of the molecule is CCc1c(-c2ccccc2)nc(C(C)C)c(C#CCO[PH](=O)CC(O)CC(=O)O)c1-c1ccc(F)cc1. The summed E-state index contributed by atoms with van der Waals surface area (Å²) in [5.74, 6) is 4.60. The Bertz CT molecular complexity index is 1310. The minimum absolute atomic E-state index is 0.0306. The van der Waals surface area contributed by atoms with Crippen LogP contribution in [0.15, 0.2) is 54.6 Å². The maximum Gasteiger partial charge on any atom is 0.305 e. The molecule has 37 heavy (non-hydrogen) atoms. The van der Waals surface area contributed by atoms with Gasteiger partial charge in [-0.3, -0.25) is 14.3 Å². The molecule has 0 fully saturated rings. The summed E-state index contributed by atoms with van der Waals surface area (Å²) in [5, 5.41) is 18.4. The maximum atomic E-state index is 13.8. The molecule has 0 amide bonds. The number of aliphatic hydroxyl groups excluding tert-OH is 1. The van der Waals surface area contributed by atoms with Gasteiger partial charge in [-0.2, -0.15) is 0 Å². The zero-order chi connectivity index (χ0) is 26.9. The lowest BCUT2D eigenvalue weighted by molar-refractivity contribution is -0.138. The number of pyridine rings is 1. The Kier molecular flexibility index (Phi) is 10.2. The van der Waals surface area contributed by atoms with Crippen molar-refractivity contribution >= 4 is 14.0 Å². The van der Waals surface area contributed by atoms with Gasteiger partial charge in [0.1, 0.15) is 12.4 Å². The Balaban J connectivity index is 2.07. The Morgan fingerprint density at radius 2 is 1.78 bits per heavy atom. The van der Waals surface area contributed by atoms with Crippen LogP contribution < -0.4 is 0 Å². The van der Waals surface area contributed by atoms with Gasteiger partial charge in [0, 0.05) is 17.3 Å². The van der Waals surface area contributed by atoms with Gasteiger partial charge in [-0.15, -0.1) is 0 Å². The van der Waals surface area contributed by atoms with E-state index in [1.54, 1.807) is 12.1 Å². The van der Waals surface area contributed by atoms with E-state index in [9.17, 15) is 18.9 Å². The standard InChI is InChI=1S/C29H31FNO5P/c1-4-24-27(20-12-14-22(30)15-13-20)25(11-8-16-36-37(35)18-23(32)17-26(33)34)28(19(2)3)31-29(24)21-9-6-5-7-10-21/h5-7,9-10,12-15,19,23,32,37H,4,16-18H2,1-3H3,(H,33,34). The third-order valence-corrected chi connectivity index (χ3v) is 7.01. The molecule has 0 radical (unpaired) electrons. The van der Waals surface area contributed by atoms with Crippen LogP contribution in [0.5, 0.6) is 0 Å². The highest BCUT2D eigenvalue weighted by Gasteiger charge is 2.22. The predicted molar refractivity (Wildman–Crippen MR) is 143 cm³/mol. The van der Waals surface area contributed by atoms with E-state index in [0.717, 1.165) is 33.6 Å². The van der Waals surface area contributed by atoms with Crippen molar-refractivity contribution in [3.05, 3.63) is 77.2 Å². The van der Waals surface area contributed by atoms with E-state index in [4.69, 9.17) is 14.6 Å². The van der Waals surface area contributed by atoms with Crippen LogP contribution in [0, 0.1) is 17.7 Å². The Labute approximate surface area is 217 Å². The first-order chi connectivity index (χ1) is 17.7. The van der Waals surface area contributed by atoms with E-state index < -0.39 is 26.5 Å². The van der Waals surface area contributed by atoms with E-state index in [1.807, 2.05) is 51.1 Å². The number of hydrogen-bond donors (Lipinski definition) is 2. The molecule has 0 saturated carbocycles. The lowest BCUT2D eigenvalue weighted by Gasteiger charge is -2.21. The Hall–Kier alpha value is -3.30. The average Bonchev–Trinajstić information content (AvgIpc) is 2.86. The molecule has 1 heterocycles. The van der Waals surface area contributed by atoms with Gasteiger partial charge in [0.05, 0.1) is 29.5 Å². The molecule has 1 aromatic heterocycles. The number of aliphatic carboxylic acids is 1. The first kappa shape index (κ1) is 28.3. The molecule has 6 nitrogen and oxygen atoms in total. The van der Waals surface area contributed by atoms with Gasteiger partial charge >= 0.3 is 5.97 Å². The van der Waals surface area contributed by atoms with Crippen molar-refractivity contribution in [2.24, 2.45) is 0 Å². The smallest absolute Gasteiger partial charge is 0.305 e. The van der Waals surface area contributed by atoms with Gasteiger partial charge in [0.15, 0.2) is 8.03 Å². The molecule has 0 aliphatic carbocycles. The van der Waals surface area contributed by atoms with Crippen LogP contribution in [-0.4, -0.2) is 40.0 Å². The predicted octanol–water partition coefficient (Wildman–Crippen LogP) is 5.92. The minimum atomic E-state index is -2.66. The first-order valence-electron chi connectivity index (χ1n) is 12.1. The number of halogens is 1. The van der Waals surface area contributed by atoms with Gasteiger partial charge in [-0.05, 0) is 35.6 Å². The van der Waals surface area contributed by atoms with E-state index >= 15 is 0 Å². The van der Waals surface area contributed by atoms with Gasteiger partial charge in [0.25, 0.3) is 0 Å². The number of rotatable bonds is 10. The topological polar surface area (TPSA) is 96.7 Å². The normalized spacial score (nSPS) is 12.6. The van der Waals surface area contributed by atoms with Crippen molar-refractivity contribution in [1.29, 1.82) is 0 Å². The fourth-order valence-corrected chi connectivity index (χ4v) is 4.95. The summed E-state index contributed by atoms with van der Waals surface area (Å²) in [7, 11) is -2.66. The number of carboxylic acids is 1. The van der Waals surface area contributed by atoms with Gasteiger partial charge in [-0.25, -0.2) is 4.39 Å². The van der Waals surface area contributed by atoms with E-state index in [1.165, 1.54) is 12.1 Å². The monoisotopic (exact) mass is 523 g/mol.